The van der Waals surface area contributed by atoms with Crippen LogP contribution < -0.4 is 11.1 Å². The third kappa shape index (κ3) is 4.14. The summed E-state index contributed by atoms with van der Waals surface area (Å²) >= 11 is 0. The Hall–Kier alpha value is -3.38. The summed E-state index contributed by atoms with van der Waals surface area (Å²) in [7, 11) is 0. The van der Waals surface area contributed by atoms with Crippen LogP contribution >= 0.6 is 0 Å². The summed E-state index contributed by atoms with van der Waals surface area (Å²) in [5.41, 5.74) is 9.53. The molecule has 1 aliphatic heterocycles. The van der Waals surface area contributed by atoms with Gasteiger partial charge in [-0.1, -0.05) is 54.6 Å². The standard InChI is InChI=1S/C28H32N4O2/c1-27(2,29)26(34)31-24(18-21-17-20-8-4-6-10-23(20)30-21)25(33)32-15-13-28(14-16-32)12-11-19-7-3-5-9-22(19)28/h3-12,17,24,30H,13-16,18,29H2,1-2H3,(H,31,34)/t24-/m1/s1. The van der Waals surface area contributed by atoms with E-state index in [-0.39, 0.29) is 17.2 Å². The Bertz CT molecular complexity index is 1230. The van der Waals surface area contributed by atoms with E-state index in [1.807, 2.05) is 35.2 Å². The lowest BCUT2D eigenvalue weighted by Gasteiger charge is -2.40. The lowest BCUT2D eigenvalue weighted by molar-refractivity contribution is -0.138. The number of nitrogens with two attached hydrogens (primary N) is 1. The van der Waals surface area contributed by atoms with Crippen LogP contribution in [0.5, 0.6) is 0 Å². The minimum absolute atomic E-state index is 0.00253. The third-order valence-electron chi connectivity index (χ3n) is 7.24. The van der Waals surface area contributed by atoms with Gasteiger partial charge in [-0.25, -0.2) is 0 Å². The molecule has 1 aromatic heterocycles. The molecule has 6 heteroatoms. The van der Waals surface area contributed by atoms with Gasteiger partial charge in [-0.2, -0.15) is 0 Å². The summed E-state index contributed by atoms with van der Waals surface area (Å²) in [6.07, 6.45) is 6.65. The minimum Gasteiger partial charge on any atom is -0.358 e. The fourth-order valence-electron chi connectivity index (χ4n) is 5.23. The van der Waals surface area contributed by atoms with Crippen molar-refractivity contribution < 1.29 is 9.59 Å². The normalized spacial score (nSPS) is 17.7. The Balaban J connectivity index is 1.34. The number of likely N-dealkylation sites (tertiary alicyclic amines) is 1. The highest BCUT2D eigenvalue weighted by molar-refractivity contribution is 5.92. The molecule has 2 aliphatic rings. The molecule has 1 aliphatic carbocycles. The van der Waals surface area contributed by atoms with Crippen molar-refractivity contribution >= 4 is 28.8 Å². The van der Waals surface area contributed by atoms with Crippen molar-refractivity contribution in [3.05, 3.63) is 77.5 Å². The topological polar surface area (TPSA) is 91.2 Å². The summed E-state index contributed by atoms with van der Waals surface area (Å²) < 4.78 is 0. The van der Waals surface area contributed by atoms with Crippen LogP contribution in [0.15, 0.2) is 60.7 Å². The molecule has 1 fully saturated rings. The Morgan fingerprint density at radius 1 is 1.12 bits per heavy atom. The van der Waals surface area contributed by atoms with Gasteiger partial charge in [0, 0.05) is 36.1 Å². The largest absolute Gasteiger partial charge is 0.358 e. The predicted molar refractivity (Wildman–Crippen MR) is 135 cm³/mol. The molecule has 0 radical (unpaired) electrons. The SMILES string of the molecule is CC(C)(N)C(=O)N[C@H](Cc1cc2ccccc2[nH]1)C(=O)N1CCC2(C=Cc3ccccc32)CC1. The van der Waals surface area contributed by atoms with Gasteiger partial charge in [0.15, 0.2) is 0 Å². The van der Waals surface area contributed by atoms with Crippen LogP contribution in [0, 0.1) is 0 Å². The van der Waals surface area contributed by atoms with E-state index in [2.05, 4.69) is 46.7 Å². The summed E-state index contributed by atoms with van der Waals surface area (Å²) in [6, 6.07) is 17.9. The Morgan fingerprint density at radius 3 is 2.56 bits per heavy atom. The van der Waals surface area contributed by atoms with Crippen LogP contribution in [-0.2, 0) is 21.4 Å². The molecule has 6 nitrogen and oxygen atoms in total. The van der Waals surface area contributed by atoms with Crippen molar-refractivity contribution in [2.75, 3.05) is 13.1 Å². The van der Waals surface area contributed by atoms with Gasteiger partial charge in [0.25, 0.3) is 0 Å². The number of H-pyrrole nitrogens is 1. The van der Waals surface area contributed by atoms with E-state index >= 15 is 0 Å². The summed E-state index contributed by atoms with van der Waals surface area (Å²) in [5.74, 6) is -0.385. The molecular weight excluding hydrogens is 424 g/mol. The Kier molecular flexibility index (Phi) is 5.56. The number of aromatic nitrogens is 1. The maximum absolute atomic E-state index is 13.7. The monoisotopic (exact) mass is 456 g/mol. The maximum Gasteiger partial charge on any atom is 0.245 e. The lowest BCUT2D eigenvalue weighted by Crippen LogP contribution is -2.58. The first-order chi connectivity index (χ1) is 16.2. The number of carbonyl (C=O) groups excluding carboxylic acids is 2. The predicted octanol–water partition coefficient (Wildman–Crippen LogP) is 3.52. The lowest BCUT2D eigenvalue weighted by atomic mass is 9.74. The van der Waals surface area contributed by atoms with Crippen LogP contribution in [0.4, 0.5) is 0 Å². The van der Waals surface area contributed by atoms with Crippen molar-refractivity contribution in [2.45, 2.75) is 50.1 Å². The summed E-state index contributed by atoms with van der Waals surface area (Å²) in [6.45, 7) is 4.62. The summed E-state index contributed by atoms with van der Waals surface area (Å²) in [4.78, 5) is 31.7. The van der Waals surface area contributed by atoms with Gasteiger partial charge in [-0.05, 0) is 55.3 Å². The van der Waals surface area contributed by atoms with E-state index in [9.17, 15) is 9.59 Å². The van der Waals surface area contributed by atoms with Gasteiger partial charge in [0.05, 0.1) is 5.54 Å². The molecule has 4 N–H and O–H groups in total. The van der Waals surface area contributed by atoms with E-state index < -0.39 is 11.6 Å². The van der Waals surface area contributed by atoms with Gasteiger partial charge >= 0.3 is 0 Å². The van der Waals surface area contributed by atoms with Crippen molar-refractivity contribution in [3.63, 3.8) is 0 Å². The van der Waals surface area contributed by atoms with Crippen molar-refractivity contribution in [1.82, 2.24) is 15.2 Å². The highest BCUT2D eigenvalue weighted by Crippen LogP contribution is 2.43. The van der Waals surface area contributed by atoms with Crippen molar-refractivity contribution in [3.8, 4) is 0 Å². The first-order valence-electron chi connectivity index (χ1n) is 12.0. The number of hydrogen-bond acceptors (Lipinski definition) is 3. The summed E-state index contributed by atoms with van der Waals surface area (Å²) in [5, 5.41) is 4.02. The quantitative estimate of drug-likeness (QED) is 0.549. The van der Waals surface area contributed by atoms with Crippen molar-refractivity contribution in [2.24, 2.45) is 5.73 Å². The molecular formula is C28H32N4O2. The molecule has 0 unspecified atom stereocenters. The number of piperidine rings is 1. The number of rotatable bonds is 5. The number of hydrogen-bond donors (Lipinski definition) is 3. The molecule has 0 saturated carbocycles. The van der Waals surface area contributed by atoms with Gasteiger partial charge in [-0.15, -0.1) is 0 Å². The van der Waals surface area contributed by atoms with Crippen LogP contribution in [0.1, 0.15) is 43.5 Å². The van der Waals surface area contributed by atoms with Crippen LogP contribution in [0.3, 0.4) is 0 Å². The van der Waals surface area contributed by atoms with Crippen molar-refractivity contribution in [1.29, 1.82) is 0 Å². The number of amides is 2. The van der Waals surface area contributed by atoms with E-state index in [0.717, 1.165) is 29.4 Å². The van der Waals surface area contributed by atoms with Gasteiger partial charge in [0.1, 0.15) is 6.04 Å². The van der Waals surface area contributed by atoms with E-state index in [1.165, 1.54) is 11.1 Å². The molecule has 5 rings (SSSR count). The van der Waals surface area contributed by atoms with E-state index in [1.54, 1.807) is 13.8 Å². The molecule has 3 aromatic rings. The molecule has 1 saturated heterocycles. The zero-order valence-corrected chi connectivity index (χ0v) is 19.8. The number of aromatic amines is 1. The molecule has 1 spiro atoms. The number of fused-ring (bicyclic) bond motifs is 3. The number of benzene rings is 2. The fraction of sp³-hybridized carbons (Fsp3) is 0.357. The number of nitrogens with one attached hydrogen (secondary N) is 2. The Labute approximate surface area is 200 Å². The fourth-order valence-corrected chi connectivity index (χ4v) is 5.23. The third-order valence-corrected chi connectivity index (χ3v) is 7.24. The minimum atomic E-state index is -1.07. The van der Waals surface area contributed by atoms with Crippen LogP contribution in [0.25, 0.3) is 17.0 Å². The molecule has 34 heavy (non-hydrogen) atoms. The van der Waals surface area contributed by atoms with E-state index in [4.69, 9.17) is 5.73 Å². The Morgan fingerprint density at radius 2 is 1.82 bits per heavy atom. The van der Waals surface area contributed by atoms with Gasteiger partial charge in [0.2, 0.25) is 11.8 Å². The second-order valence-electron chi connectivity index (χ2n) is 10.2. The molecule has 2 amide bonds. The van der Waals surface area contributed by atoms with E-state index in [0.29, 0.717) is 19.5 Å². The average molecular weight is 457 g/mol. The molecule has 176 valence electrons. The zero-order chi connectivity index (χ0) is 23.9. The highest BCUT2D eigenvalue weighted by atomic mass is 16.2. The molecule has 0 bridgehead atoms. The zero-order valence-electron chi connectivity index (χ0n) is 19.8. The highest BCUT2D eigenvalue weighted by Gasteiger charge is 2.40. The second kappa shape index (κ2) is 8.44. The second-order valence-corrected chi connectivity index (χ2v) is 10.2. The number of nitrogens with zero attached hydrogens (tertiary/aromatic N) is 1. The van der Waals surface area contributed by atoms with Crippen LogP contribution in [0.2, 0.25) is 0 Å². The maximum atomic E-state index is 13.7. The first-order valence-corrected chi connectivity index (χ1v) is 12.0. The molecule has 2 heterocycles. The molecule has 2 aromatic carbocycles. The average Bonchev–Trinajstić information content (AvgIpc) is 3.39. The first kappa shape index (κ1) is 22.4. The van der Waals surface area contributed by atoms with Gasteiger partial charge in [-0.3, -0.25) is 9.59 Å². The smallest absolute Gasteiger partial charge is 0.245 e. The molecule has 1 atom stereocenters. The number of para-hydroxylation sites is 1. The number of carbonyl (C=O) groups is 2. The van der Waals surface area contributed by atoms with Crippen LogP contribution in [-0.4, -0.2) is 46.4 Å². The van der Waals surface area contributed by atoms with Gasteiger partial charge < -0.3 is 20.9 Å². The number of allylic oxidation sites excluding steroid dienone is 1.